The molecule has 1 amide bonds. The number of pyridine rings is 1. The quantitative estimate of drug-likeness (QED) is 0.337. The highest BCUT2D eigenvalue weighted by Gasteiger charge is 2.30. The minimum Gasteiger partial charge on any atom is -0.354 e. The Hall–Kier alpha value is -3.61. The van der Waals surface area contributed by atoms with E-state index in [1.807, 2.05) is 48.6 Å². The Morgan fingerprint density at radius 1 is 1.00 bits per heavy atom. The molecule has 176 valence electrons. The molecule has 0 spiro atoms. The Labute approximate surface area is 196 Å². The minimum atomic E-state index is -4.41. The molecule has 2 aromatic carbocycles. The smallest absolute Gasteiger partial charge is 0.354 e. The van der Waals surface area contributed by atoms with Crippen molar-refractivity contribution in [1.82, 2.24) is 14.7 Å². The van der Waals surface area contributed by atoms with Crippen LogP contribution in [0, 0.1) is 0 Å². The third-order valence-electron chi connectivity index (χ3n) is 5.90. The van der Waals surface area contributed by atoms with Crippen molar-refractivity contribution in [1.29, 1.82) is 0 Å². The number of nitrogens with one attached hydrogen (secondary N) is 1. The van der Waals surface area contributed by atoms with E-state index in [1.54, 1.807) is 24.4 Å². The molecule has 1 atom stereocenters. The first-order valence-electron chi connectivity index (χ1n) is 11.3. The van der Waals surface area contributed by atoms with Crippen molar-refractivity contribution in [2.75, 3.05) is 0 Å². The van der Waals surface area contributed by atoms with E-state index >= 15 is 0 Å². The van der Waals surface area contributed by atoms with E-state index in [4.69, 9.17) is 4.98 Å². The number of hydrogen-bond donors (Lipinski definition) is 1. The van der Waals surface area contributed by atoms with Gasteiger partial charge in [0.1, 0.15) is 5.65 Å². The van der Waals surface area contributed by atoms with Gasteiger partial charge in [0.2, 0.25) is 5.91 Å². The number of nitrogens with zero attached hydrogens (tertiary/aromatic N) is 2. The molecule has 4 aromatic rings. The summed E-state index contributed by atoms with van der Waals surface area (Å²) in [5.74, 6) is -0.0441. The van der Waals surface area contributed by atoms with E-state index < -0.39 is 11.7 Å². The maximum atomic E-state index is 13.2. The number of hydrogen-bond acceptors (Lipinski definition) is 2. The minimum absolute atomic E-state index is 0.0441. The molecule has 4 rings (SSSR count). The summed E-state index contributed by atoms with van der Waals surface area (Å²) in [7, 11) is 0. The molecule has 4 nitrogen and oxygen atoms in total. The molecule has 34 heavy (non-hydrogen) atoms. The van der Waals surface area contributed by atoms with E-state index in [-0.39, 0.29) is 18.4 Å². The van der Waals surface area contributed by atoms with Gasteiger partial charge < -0.3 is 9.72 Å². The van der Waals surface area contributed by atoms with Gasteiger partial charge in [0.15, 0.2) is 0 Å². The fraction of sp³-hybridized carbons (Fsp3) is 0.259. The zero-order valence-corrected chi connectivity index (χ0v) is 19.1. The number of aromatic nitrogens is 2. The summed E-state index contributed by atoms with van der Waals surface area (Å²) in [6, 6.07) is 18.6. The summed E-state index contributed by atoms with van der Waals surface area (Å²) in [5, 5.41) is 2.98. The molecule has 0 bridgehead atoms. The predicted octanol–water partition coefficient (Wildman–Crippen LogP) is 6.53. The molecule has 2 heterocycles. The first-order valence-corrected chi connectivity index (χ1v) is 11.3. The van der Waals surface area contributed by atoms with Crippen molar-refractivity contribution in [2.45, 2.75) is 45.3 Å². The highest BCUT2D eigenvalue weighted by atomic mass is 19.4. The van der Waals surface area contributed by atoms with Gasteiger partial charge in [0.05, 0.1) is 17.0 Å². The number of aryl methyl sites for hydroxylation is 1. The topological polar surface area (TPSA) is 46.4 Å². The van der Waals surface area contributed by atoms with Crippen LogP contribution in [0.1, 0.15) is 37.9 Å². The second-order valence-corrected chi connectivity index (χ2v) is 8.37. The second kappa shape index (κ2) is 9.71. The Kier molecular flexibility index (Phi) is 6.72. The van der Waals surface area contributed by atoms with Gasteiger partial charge in [-0.1, -0.05) is 49.4 Å². The van der Waals surface area contributed by atoms with Crippen LogP contribution in [0.4, 0.5) is 13.2 Å². The Morgan fingerprint density at radius 3 is 2.44 bits per heavy atom. The Morgan fingerprint density at radius 2 is 1.74 bits per heavy atom. The molecule has 0 aliphatic heterocycles. The maximum Gasteiger partial charge on any atom is 0.416 e. The monoisotopic (exact) mass is 465 g/mol. The van der Waals surface area contributed by atoms with Crippen LogP contribution in [0.15, 0.2) is 72.9 Å². The molecular formula is C27H26F3N3O. The van der Waals surface area contributed by atoms with Crippen LogP contribution in [0.2, 0.25) is 0 Å². The predicted molar refractivity (Wildman–Crippen MR) is 127 cm³/mol. The number of rotatable bonds is 7. The third-order valence-corrected chi connectivity index (χ3v) is 5.90. The summed E-state index contributed by atoms with van der Waals surface area (Å²) in [4.78, 5) is 17.2. The van der Waals surface area contributed by atoms with Crippen molar-refractivity contribution < 1.29 is 18.0 Å². The zero-order valence-electron chi connectivity index (χ0n) is 19.1. The van der Waals surface area contributed by atoms with E-state index in [1.165, 1.54) is 6.07 Å². The second-order valence-electron chi connectivity index (χ2n) is 8.37. The molecule has 0 saturated carbocycles. The van der Waals surface area contributed by atoms with Gasteiger partial charge in [-0.15, -0.1) is 0 Å². The molecular weight excluding hydrogens is 439 g/mol. The highest BCUT2D eigenvalue weighted by Crippen LogP contribution is 2.33. The van der Waals surface area contributed by atoms with E-state index in [0.29, 0.717) is 23.2 Å². The van der Waals surface area contributed by atoms with Gasteiger partial charge >= 0.3 is 6.18 Å². The van der Waals surface area contributed by atoms with Gasteiger partial charge in [-0.3, -0.25) is 4.79 Å². The summed E-state index contributed by atoms with van der Waals surface area (Å²) in [5.41, 5.74) is 3.61. The average Bonchev–Trinajstić information content (AvgIpc) is 3.20. The molecule has 0 fully saturated rings. The number of halogens is 3. The van der Waals surface area contributed by atoms with E-state index in [0.717, 1.165) is 35.5 Å². The zero-order chi connectivity index (χ0) is 24.3. The van der Waals surface area contributed by atoms with Crippen molar-refractivity contribution in [2.24, 2.45) is 0 Å². The van der Waals surface area contributed by atoms with Crippen LogP contribution < -0.4 is 5.32 Å². The normalized spacial score (nSPS) is 12.6. The molecule has 0 radical (unpaired) electrons. The lowest BCUT2D eigenvalue weighted by molar-refractivity contribution is -0.137. The number of carbonyl (C=O) groups excluding carboxylic acids is 1. The molecule has 2 aromatic heterocycles. The summed E-state index contributed by atoms with van der Waals surface area (Å²) in [6.45, 7) is 3.97. The lowest BCUT2D eigenvalue weighted by Crippen LogP contribution is -2.32. The fourth-order valence-corrected chi connectivity index (χ4v) is 3.89. The standard InChI is InChI=1S/C27H26F3N3O/c1-3-18(2)31-25(34)15-13-23-26(19-8-5-4-6-9-19)32-24-14-12-21(17-33(23)24)20-10-7-11-22(16-20)27(28,29)30/h4-12,14,16-18H,3,13,15H2,1-2H3,(H,31,34)/t18-/m0/s1. The van der Waals surface area contributed by atoms with Crippen LogP contribution in [0.5, 0.6) is 0 Å². The van der Waals surface area contributed by atoms with Crippen molar-refractivity contribution in [3.8, 4) is 22.4 Å². The number of carbonyl (C=O) groups is 1. The van der Waals surface area contributed by atoms with Gasteiger partial charge in [0, 0.05) is 24.2 Å². The van der Waals surface area contributed by atoms with Crippen LogP contribution in [-0.4, -0.2) is 21.3 Å². The first-order chi connectivity index (χ1) is 16.3. The average molecular weight is 466 g/mol. The van der Waals surface area contributed by atoms with Crippen molar-refractivity contribution >= 4 is 11.6 Å². The molecule has 0 unspecified atom stereocenters. The molecule has 0 saturated heterocycles. The SMILES string of the molecule is CC[C@H](C)NC(=O)CCc1c(-c2ccccc2)nc2ccc(-c3cccc(C(F)(F)F)c3)cn12. The summed E-state index contributed by atoms with van der Waals surface area (Å²) >= 11 is 0. The Balaban J connectivity index is 1.76. The van der Waals surface area contributed by atoms with Gasteiger partial charge in [-0.25, -0.2) is 4.98 Å². The summed E-state index contributed by atoms with van der Waals surface area (Å²) < 4.78 is 41.6. The van der Waals surface area contributed by atoms with Crippen LogP contribution in [-0.2, 0) is 17.4 Å². The molecule has 1 N–H and O–H groups in total. The number of amides is 1. The molecule has 0 aliphatic carbocycles. The van der Waals surface area contributed by atoms with Crippen molar-refractivity contribution in [3.63, 3.8) is 0 Å². The van der Waals surface area contributed by atoms with Crippen molar-refractivity contribution in [3.05, 3.63) is 84.2 Å². The van der Waals surface area contributed by atoms with Gasteiger partial charge in [0.25, 0.3) is 0 Å². The molecule has 7 heteroatoms. The van der Waals surface area contributed by atoms with Gasteiger partial charge in [-0.05, 0) is 55.2 Å². The number of benzene rings is 2. The van der Waals surface area contributed by atoms with Gasteiger partial charge in [-0.2, -0.15) is 13.2 Å². The maximum absolute atomic E-state index is 13.2. The number of imidazole rings is 1. The van der Waals surface area contributed by atoms with Crippen LogP contribution in [0.25, 0.3) is 28.0 Å². The lowest BCUT2D eigenvalue weighted by Gasteiger charge is -2.12. The Bertz CT molecular complexity index is 1300. The lowest BCUT2D eigenvalue weighted by atomic mass is 10.0. The highest BCUT2D eigenvalue weighted by molar-refractivity contribution is 5.77. The largest absolute Gasteiger partial charge is 0.416 e. The summed E-state index contributed by atoms with van der Waals surface area (Å²) in [6.07, 6.45) is -1.04. The van der Waals surface area contributed by atoms with E-state index in [2.05, 4.69) is 5.32 Å². The first kappa shape index (κ1) is 23.5. The number of alkyl halides is 3. The van der Waals surface area contributed by atoms with E-state index in [9.17, 15) is 18.0 Å². The van der Waals surface area contributed by atoms with Crippen LogP contribution >= 0.6 is 0 Å². The fourth-order valence-electron chi connectivity index (χ4n) is 3.89. The number of fused-ring (bicyclic) bond motifs is 1. The van der Waals surface area contributed by atoms with Crippen LogP contribution in [0.3, 0.4) is 0 Å². The third kappa shape index (κ3) is 5.14. The molecule has 0 aliphatic rings.